The van der Waals surface area contributed by atoms with Gasteiger partial charge < -0.3 is 24.1 Å². The number of rotatable bonds is 8. The molecule has 4 aromatic carbocycles. The third-order valence-electron chi connectivity index (χ3n) is 5.40. The van der Waals surface area contributed by atoms with Gasteiger partial charge in [0.25, 0.3) is 0 Å². The highest BCUT2D eigenvalue weighted by Crippen LogP contribution is 2.27. The van der Waals surface area contributed by atoms with E-state index in [4.69, 9.17) is 18.9 Å². The molecule has 9 heteroatoms. The summed E-state index contributed by atoms with van der Waals surface area (Å²) in [6.45, 7) is 2.47. The van der Waals surface area contributed by atoms with Gasteiger partial charge in [-0.2, -0.15) is 0 Å². The molecule has 0 saturated heterocycles. The molecule has 4 rings (SSSR count). The van der Waals surface area contributed by atoms with Crippen molar-refractivity contribution in [2.24, 2.45) is 0 Å². The Morgan fingerprint density at radius 2 is 1.05 bits per heavy atom. The second kappa shape index (κ2) is 12.9. The van der Waals surface area contributed by atoms with E-state index in [0.29, 0.717) is 5.56 Å². The number of phenolic OH excluding ortho intramolecular Hbond substituents is 1. The molecule has 0 bridgehead atoms. The Bertz CT molecular complexity index is 1640. The zero-order chi connectivity index (χ0) is 29.4. The minimum Gasteiger partial charge on any atom is -0.508 e. The van der Waals surface area contributed by atoms with Crippen LogP contribution in [0.5, 0.6) is 28.7 Å². The highest BCUT2D eigenvalue weighted by molar-refractivity contribution is 5.95. The van der Waals surface area contributed by atoms with Crippen LogP contribution in [0.1, 0.15) is 45.7 Å². The van der Waals surface area contributed by atoms with Crippen molar-refractivity contribution >= 4 is 36.0 Å². The second-order valence-electron chi connectivity index (χ2n) is 8.62. The molecule has 0 aliphatic carbocycles. The fourth-order valence-corrected chi connectivity index (χ4v) is 3.68. The lowest BCUT2D eigenvalue weighted by molar-refractivity contribution is -0.132. The topological polar surface area (TPSA) is 125 Å². The summed E-state index contributed by atoms with van der Waals surface area (Å²) in [5.74, 6) is -2.16. The summed E-state index contributed by atoms with van der Waals surface area (Å²) >= 11 is 0. The van der Waals surface area contributed by atoms with Crippen molar-refractivity contribution in [3.8, 4) is 28.7 Å². The molecular weight excluding hydrogens is 528 g/mol. The van der Waals surface area contributed by atoms with E-state index in [0.717, 1.165) is 5.56 Å². The molecule has 0 aliphatic rings. The van der Waals surface area contributed by atoms with Gasteiger partial charge in [0.15, 0.2) is 0 Å². The maximum absolute atomic E-state index is 12.7. The molecule has 0 aromatic heterocycles. The molecule has 0 fully saturated rings. The summed E-state index contributed by atoms with van der Waals surface area (Å²) < 4.78 is 21.0. The van der Waals surface area contributed by atoms with Gasteiger partial charge in [0.1, 0.15) is 39.9 Å². The van der Waals surface area contributed by atoms with Crippen molar-refractivity contribution in [2.45, 2.75) is 13.8 Å². The van der Waals surface area contributed by atoms with Crippen molar-refractivity contribution in [1.29, 1.82) is 0 Å². The summed E-state index contributed by atoms with van der Waals surface area (Å²) in [5, 5.41) is 10.2. The standard InChI is InChI=1S/C32H24O9/c1-20(33)38-29-9-5-3-7-27(29)31(36)40-25-15-13-22(14-16-25)11-12-23-17-24(35)19-26(18-23)41-32(37)28-8-4-6-10-30(28)39-21(2)34/h3-19,35H,1-2H3. The molecule has 0 atom stereocenters. The molecule has 0 heterocycles. The van der Waals surface area contributed by atoms with Gasteiger partial charge in [-0.1, -0.05) is 48.6 Å². The number of ether oxygens (including phenoxy) is 4. The predicted octanol–water partition coefficient (Wildman–Crippen LogP) is 5.85. The average Bonchev–Trinajstić information content (AvgIpc) is 2.92. The van der Waals surface area contributed by atoms with Crippen molar-refractivity contribution in [3.63, 3.8) is 0 Å². The lowest BCUT2D eigenvalue weighted by Gasteiger charge is -2.10. The molecule has 0 radical (unpaired) electrons. The minimum atomic E-state index is -0.761. The Balaban J connectivity index is 1.43. The Morgan fingerprint density at radius 1 is 0.561 bits per heavy atom. The van der Waals surface area contributed by atoms with Gasteiger partial charge in [-0.05, 0) is 59.7 Å². The van der Waals surface area contributed by atoms with Crippen LogP contribution in [0.15, 0.2) is 91.0 Å². The first kappa shape index (κ1) is 28.3. The van der Waals surface area contributed by atoms with Crippen LogP contribution in [0.25, 0.3) is 12.2 Å². The van der Waals surface area contributed by atoms with Crippen molar-refractivity contribution < 1.29 is 43.2 Å². The molecule has 0 saturated carbocycles. The van der Waals surface area contributed by atoms with Gasteiger partial charge in [0, 0.05) is 19.9 Å². The van der Waals surface area contributed by atoms with Crippen LogP contribution in [0, 0.1) is 0 Å². The molecule has 0 spiro atoms. The van der Waals surface area contributed by atoms with Gasteiger partial charge in [-0.3, -0.25) is 9.59 Å². The van der Waals surface area contributed by atoms with Crippen molar-refractivity contribution in [1.82, 2.24) is 0 Å². The number of hydrogen-bond donors (Lipinski definition) is 1. The third-order valence-corrected chi connectivity index (χ3v) is 5.40. The monoisotopic (exact) mass is 552 g/mol. The molecular formula is C32H24O9. The molecule has 41 heavy (non-hydrogen) atoms. The van der Waals surface area contributed by atoms with Crippen molar-refractivity contribution in [3.05, 3.63) is 113 Å². The van der Waals surface area contributed by atoms with Crippen LogP contribution in [0.2, 0.25) is 0 Å². The maximum Gasteiger partial charge on any atom is 0.347 e. The fourth-order valence-electron chi connectivity index (χ4n) is 3.68. The highest BCUT2D eigenvalue weighted by Gasteiger charge is 2.17. The lowest BCUT2D eigenvalue weighted by atomic mass is 10.1. The number of esters is 4. The van der Waals surface area contributed by atoms with E-state index in [1.54, 1.807) is 66.7 Å². The summed E-state index contributed by atoms with van der Waals surface area (Å²) in [6, 6.07) is 23.4. The Morgan fingerprint density at radius 3 is 1.59 bits per heavy atom. The number of hydrogen-bond acceptors (Lipinski definition) is 9. The van der Waals surface area contributed by atoms with Crippen LogP contribution in [0.4, 0.5) is 0 Å². The Hall–Kier alpha value is -5.70. The third kappa shape index (κ3) is 7.90. The lowest BCUT2D eigenvalue weighted by Crippen LogP contribution is -2.12. The van der Waals surface area contributed by atoms with E-state index in [1.807, 2.05) is 0 Å². The molecule has 1 N–H and O–H groups in total. The van der Waals surface area contributed by atoms with Crippen LogP contribution in [-0.2, 0) is 9.59 Å². The van der Waals surface area contributed by atoms with Gasteiger partial charge >= 0.3 is 23.9 Å². The van der Waals surface area contributed by atoms with Gasteiger partial charge in [-0.15, -0.1) is 0 Å². The zero-order valence-electron chi connectivity index (χ0n) is 22.0. The van der Waals surface area contributed by atoms with E-state index >= 15 is 0 Å². The number of para-hydroxylation sites is 2. The quantitative estimate of drug-likeness (QED) is 0.163. The Labute approximate surface area is 235 Å². The highest BCUT2D eigenvalue weighted by atomic mass is 16.6. The summed E-state index contributed by atoms with van der Waals surface area (Å²) in [4.78, 5) is 48.0. The summed E-state index contributed by atoms with van der Waals surface area (Å²) in [6.07, 6.45) is 3.44. The second-order valence-corrected chi connectivity index (χ2v) is 8.62. The van der Waals surface area contributed by atoms with E-state index in [1.165, 1.54) is 50.2 Å². The first-order valence-electron chi connectivity index (χ1n) is 12.3. The molecule has 206 valence electrons. The number of benzene rings is 4. The van der Waals surface area contributed by atoms with Crippen LogP contribution >= 0.6 is 0 Å². The van der Waals surface area contributed by atoms with Crippen LogP contribution < -0.4 is 18.9 Å². The van der Waals surface area contributed by atoms with Crippen LogP contribution in [0.3, 0.4) is 0 Å². The molecule has 9 nitrogen and oxygen atoms in total. The zero-order valence-corrected chi connectivity index (χ0v) is 22.0. The molecule has 0 unspecified atom stereocenters. The minimum absolute atomic E-state index is 0.0544. The van der Waals surface area contributed by atoms with Gasteiger partial charge in [0.05, 0.1) is 0 Å². The van der Waals surface area contributed by atoms with E-state index in [-0.39, 0.29) is 39.9 Å². The molecule has 4 aromatic rings. The first-order valence-corrected chi connectivity index (χ1v) is 12.3. The van der Waals surface area contributed by atoms with E-state index in [9.17, 15) is 24.3 Å². The number of aromatic hydroxyl groups is 1. The number of phenols is 1. The molecule has 0 aliphatic heterocycles. The molecule has 0 amide bonds. The van der Waals surface area contributed by atoms with E-state index < -0.39 is 23.9 Å². The smallest absolute Gasteiger partial charge is 0.347 e. The number of carbonyl (C=O) groups excluding carboxylic acids is 4. The summed E-state index contributed by atoms with van der Waals surface area (Å²) in [7, 11) is 0. The largest absolute Gasteiger partial charge is 0.508 e. The number of carbonyl (C=O) groups is 4. The normalized spacial score (nSPS) is 10.6. The SMILES string of the molecule is CC(=O)Oc1ccccc1C(=O)Oc1ccc(C=Cc2cc(O)cc(OC(=O)c3ccccc3OC(C)=O)c2)cc1. The summed E-state index contributed by atoms with van der Waals surface area (Å²) in [5.41, 5.74) is 1.46. The predicted molar refractivity (Wildman–Crippen MR) is 149 cm³/mol. The van der Waals surface area contributed by atoms with E-state index in [2.05, 4.69) is 0 Å². The van der Waals surface area contributed by atoms with Gasteiger partial charge in [0.2, 0.25) is 0 Å². The average molecular weight is 553 g/mol. The van der Waals surface area contributed by atoms with Crippen molar-refractivity contribution in [2.75, 3.05) is 0 Å². The first-order chi connectivity index (χ1) is 19.7. The fraction of sp³-hybridized carbons (Fsp3) is 0.0625. The van der Waals surface area contributed by atoms with Crippen LogP contribution in [-0.4, -0.2) is 29.0 Å². The Kier molecular flexibility index (Phi) is 8.91. The van der Waals surface area contributed by atoms with Gasteiger partial charge in [-0.25, -0.2) is 9.59 Å². The maximum atomic E-state index is 12.7.